The Morgan fingerprint density at radius 3 is 2.04 bits per heavy atom. The van der Waals surface area contributed by atoms with Crippen molar-refractivity contribution < 1.29 is 0 Å². The molecule has 122 valence electrons. The molecule has 2 rings (SSSR count). The maximum atomic E-state index is 3.70. The molecule has 2 aromatic carbocycles. The van der Waals surface area contributed by atoms with Crippen LogP contribution < -0.4 is 5.32 Å². The highest BCUT2D eigenvalue weighted by atomic mass is 32.2. The molecular formula is C20H25NS2. The molecule has 1 atom stereocenters. The summed E-state index contributed by atoms with van der Waals surface area (Å²) in [6, 6.07) is 21.5. The molecule has 0 saturated carbocycles. The average Bonchev–Trinajstić information content (AvgIpc) is 2.60. The number of nitrogens with one attached hydrogen (secondary N) is 1. The molecule has 23 heavy (non-hydrogen) atoms. The van der Waals surface area contributed by atoms with E-state index < -0.39 is 0 Å². The third kappa shape index (κ3) is 6.46. The molecule has 0 heterocycles. The zero-order valence-corrected chi connectivity index (χ0v) is 15.5. The number of benzene rings is 2. The van der Waals surface area contributed by atoms with Gasteiger partial charge in [0, 0.05) is 10.8 Å². The summed E-state index contributed by atoms with van der Waals surface area (Å²) in [7, 11) is 0. The number of rotatable bonds is 9. The van der Waals surface area contributed by atoms with Crippen molar-refractivity contribution in [3.05, 3.63) is 82.1 Å². The van der Waals surface area contributed by atoms with Crippen molar-refractivity contribution in [3.63, 3.8) is 0 Å². The fraction of sp³-hybridized carbons (Fsp3) is 0.300. The van der Waals surface area contributed by atoms with Crippen LogP contribution in [-0.4, -0.2) is 11.5 Å². The van der Waals surface area contributed by atoms with E-state index in [1.165, 1.54) is 15.4 Å². The molecule has 0 bridgehead atoms. The summed E-state index contributed by atoms with van der Waals surface area (Å²) in [5, 5.41) is 3.70. The van der Waals surface area contributed by atoms with E-state index in [-0.39, 0.29) is 6.04 Å². The Morgan fingerprint density at radius 1 is 0.913 bits per heavy atom. The van der Waals surface area contributed by atoms with Crippen molar-refractivity contribution in [1.82, 2.24) is 5.32 Å². The smallest absolute Gasteiger partial charge is 0.0527 e. The Bertz CT molecular complexity index is 573. The summed E-state index contributed by atoms with van der Waals surface area (Å²) in [4.78, 5) is 0. The van der Waals surface area contributed by atoms with Crippen molar-refractivity contribution in [2.45, 2.75) is 26.4 Å². The molecule has 0 aromatic heterocycles. The SMILES string of the molecule is CCSC(=CC(NCc1ccccc1)c1ccccc1)SCC. The van der Waals surface area contributed by atoms with Gasteiger partial charge in [-0.15, -0.1) is 23.5 Å². The van der Waals surface area contributed by atoms with Gasteiger partial charge in [-0.25, -0.2) is 0 Å². The lowest BCUT2D eigenvalue weighted by Gasteiger charge is -2.18. The van der Waals surface area contributed by atoms with Gasteiger partial charge in [0.05, 0.1) is 6.04 Å². The van der Waals surface area contributed by atoms with Gasteiger partial charge >= 0.3 is 0 Å². The first-order valence-electron chi connectivity index (χ1n) is 8.13. The first-order valence-corrected chi connectivity index (χ1v) is 10.1. The van der Waals surface area contributed by atoms with Gasteiger partial charge in [-0.05, 0) is 28.7 Å². The molecule has 0 amide bonds. The summed E-state index contributed by atoms with van der Waals surface area (Å²) < 4.78 is 1.41. The van der Waals surface area contributed by atoms with Crippen molar-refractivity contribution in [3.8, 4) is 0 Å². The Labute approximate surface area is 149 Å². The lowest BCUT2D eigenvalue weighted by Crippen LogP contribution is -2.19. The second-order valence-electron chi connectivity index (χ2n) is 5.11. The van der Waals surface area contributed by atoms with Crippen LogP contribution in [0.2, 0.25) is 0 Å². The molecule has 2 aromatic rings. The first kappa shape index (κ1) is 18.2. The Morgan fingerprint density at radius 2 is 1.48 bits per heavy atom. The fourth-order valence-corrected chi connectivity index (χ4v) is 4.39. The second kappa shape index (κ2) is 10.6. The minimum atomic E-state index is 0.240. The van der Waals surface area contributed by atoms with E-state index >= 15 is 0 Å². The van der Waals surface area contributed by atoms with Crippen molar-refractivity contribution in [2.75, 3.05) is 11.5 Å². The van der Waals surface area contributed by atoms with E-state index in [4.69, 9.17) is 0 Å². The molecule has 0 saturated heterocycles. The second-order valence-corrected chi connectivity index (χ2v) is 7.98. The van der Waals surface area contributed by atoms with E-state index in [0.29, 0.717) is 0 Å². The molecule has 0 spiro atoms. The van der Waals surface area contributed by atoms with Gasteiger partial charge in [0.2, 0.25) is 0 Å². The summed E-state index contributed by atoms with van der Waals surface area (Å²) in [6.45, 7) is 5.30. The van der Waals surface area contributed by atoms with Crippen molar-refractivity contribution in [1.29, 1.82) is 0 Å². The van der Waals surface area contributed by atoms with Gasteiger partial charge in [-0.1, -0.05) is 74.5 Å². The average molecular weight is 344 g/mol. The van der Waals surface area contributed by atoms with Crippen LogP contribution in [0.15, 0.2) is 71.0 Å². The van der Waals surface area contributed by atoms with Crippen LogP contribution in [0.4, 0.5) is 0 Å². The zero-order chi connectivity index (χ0) is 16.3. The van der Waals surface area contributed by atoms with Gasteiger partial charge in [-0.2, -0.15) is 0 Å². The third-order valence-corrected chi connectivity index (χ3v) is 5.53. The molecule has 0 radical (unpaired) electrons. The van der Waals surface area contributed by atoms with E-state index in [9.17, 15) is 0 Å². The predicted molar refractivity (Wildman–Crippen MR) is 107 cm³/mol. The van der Waals surface area contributed by atoms with Crippen LogP contribution >= 0.6 is 23.5 Å². The normalized spacial score (nSPS) is 11.9. The molecule has 1 nitrogen and oxygen atoms in total. The Hall–Kier alpha value is -1.16. The molecule has 0 aliphatic heterocycles. The zero-order valence-electron chi connectivity index (χ0n) is 13.9. The van der Waals surface area contributed by atoms with Gasteiger partial charge in [0.1, 0.15) is 0 Å². The molecule has 1 N–H and O–H groups in total. The van der Waals surface area contributed by atoms with Crippen LogP contribution in [0.3, 0.4) is 0 Å². The maximum absolute atomic E-state index is 3.70. The van der Waals surface area contributed by atoms with Crippen molar-refractivity contribution in [2.24, 2.45) is 0 Å². The number of thioether (sulfide) groups is 2. The summed E-state index contributed by atoms with van der Waals surface area (Å²) in [6.07, 6.45) is 2.38. The van der Waals surface area contributed by atoms with Crippen LogP contribution in [0.25, 0.3) is 0 Å². The Kier molecular flexibility index (Phi) is 8.37. The van der Waals surface area contributed by atoms with Gasteiger partial charge in [0.15, 0.2) is 0 Å². The highest BCUT2D eigenvalue weighted by Gasteiger charge is 2.10. The molecule has 3 heteroatoms. The summed E-state index contributed by atoms with van der Waals surface area (Å²) in [5.74, 6) is 2.22. The third-order valence-electron chi connectivity index (χ3n) is 3.40. The lowest BCUT2D eigenvalue weighted by molar-refractivity contribution is 0.621. The fourth-order valence-electron chi connectivity index (χ4n) is 2.32. The van der Waals surface area contributed by atoms with E-state index in [0.717, 1.165) is 18.1 Å². The highest BCUT2D eigenvalue weighted by molar-refractivity contribution is 8.22. The Balaban J connectivity index is 2.16. The van der Waals surface area contributed by atoms with E-state index in [1.54, 1.807) is 0 Å². The van der Waals surface area contributed by atoms with Crippen LogP contribution in [0.5, 0.6) is 0 Å². The van der Waals surface area contributed by atoms with Crippen molar-refractivity contribution >= 4 is 23.5 Å². The number of hydrogen-bond acceptors (Lipinski definition) is 3. The molecular weight excluding hydrogens is 318 g/mol. The van der Waals surface area contributed by atoms with Gasteiger partial charge in [0.25, 0.3) is 0 Å². The monoisotopic (exact) mass is 343 g/mol. The number of hydrogen-bond donors (Lipinski definition) is 1. The van der Waals surface area contributed by atoms with E-state index in [1.807, 2.05) is 23.5 Å². The molecule has 0 fully saturated rings. The minimum Gasteiger partial charge on any atom is -0.303 e. The van der Waals surface area contributed by atoms with E-state index in [2.05, 4.69) is 85.9 Å². The van der Waals surface area contributed by atoms with Crippen LogP contribution in [0, 0.1) is 0 Å². The molecule has 0 aliphatic rings. The minimum absolute atomic E-state index is 0.240. The standard InChI is InChI=1S/C20H25NS2/c1-3-22-20(23-4-2)15-19(18-13-9-6-10-14-18)21-16-17-11-7-5-8-12-17/h5-15,19,21H,3-4,16H2,1-2H3. The largest absolute Gasteiger partial charge is 0.303 e. The molecule has 0 aliphatic carbocycles. The highest BCUT2D eigenvalue weighted by Crippen LogP contribution is 2.31. The van der Waals surface area contributed by atoms with Crippen LogP contribution in [-0.2, 0) is 6.54 Å². The van der Waals surface area contributed by atoms with Gasteiger partial charge in [-0.3, -0.25) is 0 Å². The predicted octanol–water partition coefficient (Wildman–Crippen LogP) is 5.87. The topological polar surface area (TPSA) is 12.0 Å². The first-order chi connectivity index (χ1) is 11.3. The quantitative estimate of drug-likeness (QED) is 0.612. The summed E-state index contributed by atoms with van der Waals surface area (Å²) >= 11 is 3.86. The maximum Gasteiger partial charge on any atom is 0.0527 e. The van der Waals surface area contributed by atoms with Gasteiger partial charge < -0.3 is 5.32 Å². The molecule has 1 unspecified atom stereocenters. The summed E-state index contributed by atoms with van der Waals surface area (Å²) in [5.41, 5.74) is 2.63. The lowest BCUT2D eigenvalue weighted by atomic mass is 10.1. The van der Waals surface area contributed by atoms with Crippen LogP contribution in [0.1, 0.15) is 31.0 Å².